The largest absolute Gasteiger partial charge is 0.393 e. The lowest BCUT2D eigenvalue weighted by Crippen LogP contribution is -2.15. The standard InChI is InChI=1S/C10H20O/c1-7-4-5-10(11)6-8(2)9(7)3/h7-11H,4-6H2,1-3H3. The van der Waals surface area contributed by atoms with Gasteiger partial charge in [-0.05, 0) is 37.0 Å². The third-order valence-electron chi connectivity index (χ3n) is 3.39. The first-order valence-corrected chi connectivity index (χ1v) is 4.79. The summed E-state index contributed by atoms with van der Waals surface area (Å²) >= 11 is 0. The van der Waals surface area contributed by atoms with Crippen LogP contribution in [0.15, 0.2) is 0 Å². The predicted octanol–water partition coefficient (Wildman–Crippen LogP) is 2.44. The van der Waals surface area contributed by atoms with Crippen molar-refractivity contribution >= 4 is 0 Å². The molecule has 0 aromatic carbocycles. The number of aliphatic hydroxyl groups is 1. The quantitative estimate of drug-likeness (QED) is 0.534. The molecule has 1 N–H and O–H groups in total. The number of hydrogen-bond donors (Lipinski definition) is 1. The van der Waals surface area contributed by atoms with E-state index >= 15 is 0 Å². The predicted molar refractivity (Wildman–Crippen MR) is 47.3 cm³/mol. The Morgan fingerprint density at radius 2 is 1.64 bits per heavy atom. The lowest BCUT2D eigenvalue weighted by Gasteiger charge is -2.22. The molecule has 1 saturated carbocycles. The van der Waals surface area contributed by atoms with Crippen LogP contribution in [0, 0.1) is 17.8 Å². The Hall–Kier alpha value is -0.0400. The van der Waals surface area contributed by atoms with Gasteiger partial charge in [0, 0.05) is 0 Å². The molecule has 1 fully saturated rings. The van der Waals surface area contributed by atoms with Gasteiger partial charge in [-0.1, -0.05) is 20.8 Å². The highest BCUT2D eigenvalue weighted by molar-refractivity contribution is 4.76. The van der Waals surface area contributed by atoms with Crippen LogP contribution in [0.25, 0.3) is 0 Å². The summed E-state index contributed by atoms with van der Waals surface area (Å²) < 4.78 is 0. The van der Waals surface area contributed by atoms with Crippen LogP contribution >= 0.6 is 0 Å². The number of rotatable bonds is 0. The van der Waals surface area contributed by atoms with E-state index in [0.717, 1.165) is 24.7 Å². The van der Waals surface area contributed by atoms with Crippen LogP contribution in [-0.4, -0.2) is 11.2 Å². The van der Waals surface area contributed by atoms with Crippen molar-refractivity contribution in [2.75, 3.05) is 0 Å². The first-order chi connectivity index (χ1) is 5.11. The molecule has 0 heterocycles. The fourth-order valence-electron chi connectivity index (χ4n) is 2.04. The zero-order chi connectivity index (χ0) is 8.43. The second-order valence-corrected chi connectivity index (χ2v) is 4.28. The lowest BCUT2D eigenvalue weighted by molar-refractivity contribution is 0.139. The molecule has 0 saturated heterocycles. The van der Waals surface area contributed by atoms with Gasteiger partial charge in [0.25, 0.3) is 0 Å². The molecule has 1 heteroatoms. The molecular weight excluding hydrogens is 136 g/mol. The molecule has 66 valence electrons. The van der Waals surface area contributed by atoms with Gasteiger partial charge < -0.3 is 5.11 Å². The van der Waals surface area contributed by atoms with Crippen molar-refractivity contribution in [3.05, 3.63) is 0 Å². The highest BCUT2D eigenvalue weighted by Crippen LogP contribution is 2.32. The van der Waals surface area contributed by atoms with Crippen LogP contribution in [0.2, 0.25) is 0 Å². The van der Waals surface area contributed by atoms with Crippen LogP contribution in [0.1, 0.15) is 40.0 Å². The van der Waals surface area contributed by atoms with E-state index in [9.17, 15) is 5.11 Å². The Kier molecular flexibility index (Phi) is 2.94. The molecule has 4 atom stereocenters. The normalized spacial score (nSPS) is 46.9. The monoisotopic (exact) mass is 156 g/mol. The van der Waals surface area contributed by atoms with Crippen LogP contribution in [0.3, 0.4) is 0 Å². The van der Waals surface area contributed by atoms with Gasteiger partial charge in [-0.2, -0.15) is 0 Å². The van der Waals surface area contributed by atoms with Crippen molar-refractivity contribution in [1.29, 1.82) is 0 Å². The summed E-state index contributed by atoms with van der Waals surface area (Å²) in [4.78, 5) is 0. The smallest absolute Gasteiger partial charge is 0.0543 e. The fraction of sp³-hybridized carbons (Fsp3) is 1.00. The van der Waals surface area contributed by atoms with Crippen molar-refractivity contribution < 1.29 is 5.11 Å². The molecular formula is C10H20O. The van der Waals surface area contributed by atoms with Gasteiger partial charge in [-0.25, -0.2) is 0 Å². The second-order valence-electron chi connectivity index (χ2n) is 4.28. The van der Waals surface area contributed by atoms with Gasteiger partial charge in [-0.3, -0.25) is 0 Å². The molecule has 0 spiro atoms. The lowest BCUT2D eigenvalue weighted by atomic mass is 9.84. The molecule has 0 amide bonds. The van der Waals surface area contributed by atoms with Crippen molar-refractivity contribution in [2.45, 2.75) is 46.1 Å². The van der Waals surface area contributed by atoms with Crippen LogP contribution in [-0.2, 0) is 0 Å². The molecule has 0 aromatic rings. The zero-order valence-electron chi connectivity index (χ0n) is 7.88. The number of aliphatic hydroxyl groups excluding tert-OH is 1. The minimum absolute atomic E-state index is 0.0302. The van der Waals surface area contributed by atoms with E-state index in [4.69, 9.17) is 0 Å². The van der Waals surface area contributed by atoms with Gasteiger partial charge in [0.15, 0.2) is 0 Å². The molecule has 1 rings (SSSR count). The van der Waals surface area contributed by atoms with Crippen molar-refractivity contribution in [1.82, 2.24) is 0 Å². The summed E-state index contributed by atoms with van der Waals surface area (Å²) in [5.41, 5.74) is 0. The van der Waals surface area contributed by atoms with Gasteiger partial charge in [0.1, 0.15) is 0 Å². The van der Waals surface area contributed by atoms with Crippen LogP contribution < -0.4 is 0 Å². The topological polar surface area (TPSA) is 20.2 Å². The first kappa shape index (κ1) is 9.05. The molecule has 1 aliphatic rings. The molecule has 0 aromatic heterocycles. The van der Waals surface area contributed by atoms with E-state index < -0.39 is 0 Å². The maximum atomic E-state index is 9.50. The summed E-state index contributed by atoms with van der Waals surface area (Å²) in [5, 5.41) is 9.50. The van der Waals surface area contributed by atoms with E-state index in [2.05, 4.69) is 20.8 Å². The van der Waals surface area contributed by atoms with E-state index in [0.29, 0.717) is 5.92 Å². The van der Waals surface area contributed by atoms with Crippen LogP contribution in [0.5, 0.6) is 0 Å². The zero-order valence-corrected chi connectivity index (χ0v) is 7.88. The Labute approximate surface area is 69.8 Å². The van der Waals surface area contributed by atoms with Crippen molar-refractivity contribution in [3.63, 3.8) is 0 Å². The molecule has 1 nitrogen and oxygen atoms in total. The maximum absolute atomic E-state index is 9.50. The molecule has 0 aliphatic heterocycles. The fourth-order valence-corrected chi connectivity index (χ4v) is 2.04. The Bertz CT molecular complexity index is 122. The summed E-state index contributed by atoms with van der Waals surface area (Å²) in [7, 11) is 0. The molecule has 11 heavy (non-hydrogen) atoms. The van der Waals surface area contributed by atoms with E-state index in [1.165, 1.54) is 6.42 Å². The maximum Gasteiger partial charge on any atom is 0.0543 e. The van der Waals surface area contributed by atoms with E-state index in [-0.39, 0.29) is 6.10 Å². The molecule has 0 bridgehead atoms. The van der Waals surface area contributed by atoms with Crippen LogP contribution in [0.4, 0.5) is 0 Å². The van der Waals surface area contributed by atoms with Crippen molar-refractivity contribution in [3.8, 4) is 0 Å². The van der Waals surface area contributed by atoms with Gasteiger partial charge >= 0.3 is 0 Å². The summed E-state index contributed by atoms with van der Waals surface area (Å²) in [6.45, 7) is 6.88. The van der Waals surface area contributed by atoms with E-state index in [1.54, 1.807) is 0 Å². The van der Waals surface area contributed by atoms with Crippen molar-refractivity contribution in [2.24, 2.45) is 17.8 Å². The Morgan fingerprint density at radius 3 is 2.27 bits per heavy atom. The van der Waals surface area contributed by atoms with E-state index in [1.807, 2.05) is 0 Å². The third kappa shape index (κ3) is 2.19. The summed E-state index contributed by atoms with van der Waals surface area (Å²) in [6.07, 6.45) is 3.19. The Balaban J connectivity index is 2.53. The summed E-state index contributed by atoms with van der Waals surface area (Å²) in [5.74, 6) is 2.27. The highest BCUT2D eigenvalue weighted by Gasteiger charge is 2.25. The third-order valence-corrected chi connectivity index (χ3v) is 3.39. The highest BCUT2D eigenvalue weighted by atomic mass is 16.3. The van der Waals surface area contributed by atoms with Gasteiger partial charge in [0.05, 0.1) is 6.10 Å². The number of hydrogen-bond acceptors (Lipinski definition) is 1. The minimum Gasteiger partial charge on any atom is -0.393 e. The van der Waals surface area contributed by atoms with Gasteiger partial charge in [0.2, 0.25) is 0 Å². The molecule has 4 unspecified atom stereocenters. The Morgan fingerprint density at radius 1 is 1.00 bits per heavy atom. The average molecular weight is 156 g/mol. The minimum atomic E-state index is -0.0302. The molecule has 1 aliphatic carbocycles. The molecule has 0 radical (unpaired) electrons. The average Bonchev–Trinajstić information content (AvgIpc) is 2.05. The van der Waals surface area contributed by atoms with Gasteiger partial charge in [-0.15, -0.1) is 0 Å². The SMILES string of the molecule is CC1CCC(O)CC(C)C1C. The second kappa shape index (κ2) is 3.57. The first-order valence-electron chi connectivity index (χ1n) is 4.79. The summed E-state index contributed by atoms with van der Waals surface area (Å²) in [6, 6.07) is 0.